The van der Waals surface area contributed by atoms with Gasteiger partial charge in [0.25, 0.3) is 11.8 Å². The van der Waals surface area contributed by atoms with Gasteiger partial charge in [-0.1, -0.05) is 36.4 Å². The standard InChI is InChI=1S/C22H27FN4O2/c1-25(15-18-6-3-2-4-7-18)22(29)17-27-12-10-26(11-13-27)16-21(28)24-20-9-5-8-19(23)14-20/h2-9,14H,10-13,15-17H2,1H3,(H,24,28)/p+2. The van der Waals surface area contributed by atoms with Crippen molar-refractivity contribution in [3.8, 4) is 0 Å². The average molecular weight is 400 g/mol. The Balaban J connectivity index is 1.38. The number of amides is 2. The minimum absolute atomic E-state index is 0.118. The van der Waals surface area contributed by atoms with Crippen molar-refractivity contribution in [1.82, 2.24) is 4.90 Å². The zero-order valence-corrected chi connectivity index (χ0v) is 16.8. The Hall–Kier alpha value is -2.77. The number of nitrogens with zero attached hydrogens (tertiary/aromatic N) is 1. The summed E-state index contributed by atoms with van der Waals surface area (Å²) in [7, 11) is 1.84. The summed E-state index contributed by atoms with van der Waals surface area (Å²) >= 11 is 0. The lowest BCUT2D eigenvalue weighted by Crippen LogP contribution is -3.28. The smallest absolute Gasteiger partial charge is 0.279 e. The number of nitrogens with one attached hydrogen (secondary N) is 3. The number of halogens is 1. The van der Waals surface area contributed by atoms with Crippen molar-refractivity contribution >= 4 is 17.5 Å². The molecule has 0 unspecified atom stereocenters. The number of anilines is 1. The maximum absolute atomic E-state index is 13.2. The fraction of sp³-hybridized carbons (Fsp3) is 0.364. The minimum atomic E-state index is -0.366. The summed E-state index contributed by atoms with van der Waals surface area (Å²) in [5.74, 6) is -0.349. The number of carbonyl (C=O) groups excluding carboxylic acids is 2. The van der Waals surface area contributed by atoms with Crippen molar-refractivity contribution in [2.45, 2.75) is 6.54 Å². The van der Waals surface area contributed by atoms with Crippen LogP contribution in [-0.4, -0.2) is 63.0 Å². The fourth-order valence-corrected chi connectivity index (χ4v) is 3.60. The molecule has 0 aliphatic carbocycles. The summed E-state index contributed by atoms with van der Waals surface area (Å²) in [6, 6.07) is 15.9. The van der Waals surface area contributed by atoms with Crippen LogP contribution in [0.15, 0.2) is 54.6 Å². The van der Waals surface area contributed by atoms with Crippen LogP contribution in [0.5, 0.6) is 0 Å². The molecule has 2 aromatic rings. The molecule has 3 rings (SSSR count). The molecule has 0 aromatic heterocycles. The van der Waals surface area contributed by atoms with Crippen molar-refractivity contribution < 1.29 is 23.8 Å². The predicted molar refractivity (Wildman–Crippen MR) is 109 cm³/mol. The molecule has 2 aromatic carbocycles. The molecule has 154 valence electrons. The Bertz CT molecular complexity index is 823. The van der Waals surface area contributed by atoms with Gasteiger partial charge in [-0.3, -0.25) is 9.59 Å². The second-order valence-corrected chi connectivity index (χ2v) is 7.65. The van der Waals surface area contributed by atoms with Crippen molar-refractivity contribution in [2.24, 2.45) is 0 Å². The SMILES string of the molecule is CN(Cc1ccccc1)C(=O)C[NH+]1CC[NH+](CC(=O)Nc2cccc(F)c2)CC1. The van der Waals surface area contributed by atoms with Crippen molar-refractivity contribution in [1.29, 1.82) is 0 Å². The van der Waals surface area contributed by atoms with E-state index in [1.165, 1.54) is 21.9 Å². The monoisotopic (exact) mass is 400 g/mol. The van der Waals surface area contributed by atoms with E-state index in [4.69, 9.17) is 0 Å². The highest BCUT2D eigenvalue weighted by molar-refractivity contribution is 5.91. The van der Waals surface area contributed by atoms with Gasteiger partial charge >= 0.3 is 0 Å². The van der Waals surface area contributed by atoms with Crippen LogP contribution >= 0.6 is 0 Å². The topological polar surface area (TPSA) is 58.3 Å². The van der Waals surface area contributed by atoms with Gasteiger partial charge in [0.15, 0.2) is 13.1 Å². The van der Waals surface area contributed by atoms with Gasteiger partial charge in [-0.2, -0.15) is 0 Å². The van der Waals surface area contributed by atoms with E-state index in [1.807, 2.05) is 37.4 Å². The fourth-order valence-electron chi connectivity index (χ4n) is 3.60. The van der Waals surface area contributed by atoms with Crippen LogP contribution in [0.1, 0.15) is 5.56 Å². The lowest BCUT2D eigenvalue weighted by atomic mass is 10.2. The molecule has 0 saturated carbocycles. The molecule has 0 bridgehead atoms. The minimum Gasteiger partial charge on any atom is -0.337 e. The number of hydrogen-bond donors (Lipinski definition) is 3. The van der Waals surface area contributed by atoms with Gasteiger partial charge in [0.2, 0.25) is 0 Å². The normalized spacial score (nSPS) is 18.8. The Morgan fingerprint density at radius 1 is 0.966 bits per heavy atom. The van der Waals surface area contributed by atoms with Gasteiger partial charge in [-0.05, 0) is 23.8 Å². The van der Waals surface area contributed by atoms with E-state index in [9.17, 15) is 14.0 Å². The number of benzene rings is 2. The van der Waals surface area contributed by atoms with Crippen LogP contribution < -0.4 is 15.1 Å². The Labute approximate surface area is 170 Å². The molecule has 1 aliphatic heterocycles. The zero-order chi connectivity index (χ0) is 20.6. The molecule has 3 N–H and O–H groups in total. The average Bonchev–Trinajstić information content (AvgIpc) is 2.70. The quantitative estimate of drug-likeness (QED) is 0.571. The molecule has 1 saturated heterocycles. The van der Waals surface area contributed by atoms with E-state index in [2.05, 4.69) is 5.32 Å². The molecule has 6 nitrogen and oxygen atoms in total. The van der Waals surface area contributed by atoms with Gasteiger partial charge < -0.3 is 20.0 Å². The summed E-state index contributed by atoms with van der Waals surface area (Å²) < 4.78 is 13.2. The van der Waals surface area contributed by atoms with E-state index < -0.39 is 0 Å². The maximum Gasteiger partial charge on any atom is 0.279 e. The Morgan fingerprint density at radius 2 is 1.62 bits per heavy atom. The second-order valence-electron chi connectivity index (χ2n) is 7.65. The molecule has 0 radical (unpaired) electrons. The third-order valence-electron chi connectivity index (χ3n) is 5.27. The molecule has 1 fully saturated rings. The van der Waals surface area contributed by atoms with Crippen LogP contribution in [0.3, 0.4) is 0 Å². The second kappa shape index (κ2) is 10.1. The highest BCUT2D eigenvalue weighted by atomic mass is 19.1. The number of carbonyl (C=O) groups is 2. The lowest BCUT2D eigenvalue weighted by Gasteiger charge is -2.30. The summed E-state index contributed by atoms with van der Waals surface area (Å²) in [6.07, 6.45) is 0. The first-order valence-corrected chi connectivity index (χ1v) is 10.00. The first-order valence-electron chi connectivity index (χ1n) is 10.00. The Kier molecular flexibility index (Phi) is 7.32. The molecule has 7 heteroatoms. The molecule has 1 aliphatic rings. The molecule has 29 heavy (non-hydrogen) atoms. The van der Waals surface area contributed by atoms with Crippen molar-refractivity contribution in [2.75, 3.05) is 51.6 Å². The molecular formula is C22H29FN4O2+2. The summed E-state index contributed by atoms with van der Waals surface area (Å²) in [6.45, 7) is 4.83. The molecule has 2 amide bonds. The highest BCUT2D eigenvalue weighted by Crippen LogP contribution is 2.08. The van der Waals surface area contributed by atoms with Crippen LogP contribution in [0.25, 0.3) is 0 Å². The highest BCUT2D eigenvalue weighted by Gasteiger charge is 2.27. The molecular weight excluding hydrogens is 371 g/mol. The largest absolute Gasteiger partial charge is 0.337 e. The van der Waals surface area contributed by atoms with Crippen LogP contribution in [0.4, 0.5) is 10.1 Å². The Morgan fingerprint density at radius 3 is 2.28 bits per heavy atom. The number of quaternary nitrogens is 2. The maximum atomic E-state index is 13.2. The third kappa shape index (κ3) is 6.66. The van der Waals surface area contributed by atoms with Gasteiger partial charge in [0, 0.05) is 19.3 Å². The third-order valence-corrected chi connectivity index (χ3v) is 5.27. The number of likely N-dealkylation sites (N-methyl/N-ethyl adjacent to an activating group) is 1. The van der Waals surface area contributed by atoms with E-state index in [-0.39, 0.29) is 17.6 Å². The van der Waals surface area contributed by atoms with Crippen molar-refractivity contribution in [3.63, 3.8) is 0 Å². The van der Waals surface area contributed by atoms with Crippen LogP contribution in [0.2, 0.25) is 0 Å². The van der Waals surface area contributed by atoms with E-state index in [0.29, 0.717) is 25.3 Å². The number of piperazine rings is 1. The number of hydrogen-bond acceptors (Lipinski definition) is 2. The van der Waals surface area contributed by atoms with E-state index >= 15 is 0 Å². The zero-order valence-electron chi connectivity index (χ0n) is 16.8. The van der Waals surface area contributed by atoms with Crippen LogP contribution in [0, 0.1) is 5.82 Å². The van der Waals surface area contributed by atoms with Gasteiger partial charge in [-0.15, -0.1) is 0 Å². The van der Waals surface area contributed by atoms with E-state index in [1.54, 1.807) is 17.0 Å². The van der Waals surface area contributed by atoms with Crippen LogP contribution in [-0.2, 0) is 16.1 Å². The summed E-state index contributed by atoms with van der Waals surface area (Å²) in [4.78, 5) is 28.9. The van der Waals surface area contributed by atoms with Gasteiger partial charge in [0.05, 0.1) is 0 Å². The van der Waals surface area contributed by atoms with Gasteiger partial charge in [0.1, 0.15) is 32.0 Å². The van der Waals surface area contributed by atoms with Gasteiger partial charge in [-0.25, -0.2) is 4.39 Å². The first-order chi connectivity index (χ1) is 14.0. The number of rotatable bonds is 7. The lowest BCUT2D eigenvalue weighted by molar-refractivity contribution is -1.00. The summed E-state index contributed by atoms with van der Waals surface area (Å²) in [5.41, 5.74) is 1.60. The summed E-state index contributed by atoms with van der Waals surface area (Å²) in [5, 5.41) is 2.74. The molecule has 0 spiro atoms. The predicted octanol–water partition coefficient (Wildman–Crippen LogP) is -0.794. The van der Waals surface area contributed by atoms with E-state index in [0.717, 1.165) is 31.7 Å². The van der Waals surface area contributed by atoms with Crippen molar-refractivity contribution in [3.05, 3.63) is 66.0 Å². The molecule has 1 heterocycles. The first kappa shape index (κ1) is 21.0. The molecule has 0 atom stereocenters.